The van der Waals surface area contributed by atoms with Gasteiger partial charge in [0.1, 0.15) is 5.75 Å². The first-order chi connectivity index (χ1) is 14.5. The van der Waals surface area contributed by atoms with E-state index in [1.165, 1.54) is 16.9 Å². The number of hydrogen-bond acceptors (Lipinski definition) is 4. The molecule has 1 N–H and O–H groups in total. The Morgan fingerprint density at radius 3 is 2.37 bits per heavy atom. The molecule has 2 aromatic carbocycles. The van der Waals surface area contributed by atoms with E-state index in [-0.39, 0.29) is 17.9 Å². The highest BCUT2D eigenvalue weighted by Crippen LogP contribution is 2.31. The van der Waals surface area contributed by atoms with Crippen molar-refractivity contribution in [2.75, 3.05) is 39.6 Å². The van der Waals surface area contributed by atoms with E-state index in [4.69, 9.17) is 4.74 Å². The first-order valence-corrected chi connectivity index (χ1v) is 10.5. The Morgan fingerprint density at radius 2 is 1.73 bits per heavy atom. The van der Waals surface area contributed by atoms with E-state index in [1.807, 2.05) is 12.1 Å². The number of carbonyl (C=O) groups is 2. The van der Waals surface area contributed by atoms with Crippen molar-refractivity contribution >= 4 is 17.5 Å². The fraction of sp³-hybridized carbons (Fsp3) is 0.417. The van der Waals surface area contributed by atoms with E-state index in [1.54, 1.807) is 45.5 Å². The van der Waals surface area contributed by atoms with Gasteiger partial charge >= 0.3 is 0 Å². The van der Waals surface area contributed by atoms with Gasteiger partial charge in [-0.05, 0) is 61.3 Å². The van der Waals surface area contributed by atoms with Crippen LogP contribution in [0.4, 0.5) is 5.69 Å². The Kier molecular flexibility index (Phi) is 7.46. The Labute approximate surface area is 178 Å². The lowest BCUT2D eigenvalue weighted by Crippen LogP contribution is -2.36. The average Bonchev–Trinajstić information content (AvgIpc) is 2.99. The van der Waals surface area contributed by atoms with Crippen LogP contribution in [0, 0.1) is 0 Å². The number of benzene rings is 2. The van der Waals surface area contributed by atoms with Gasteiger partial charge in [0.25, 0.3) is 5.91 Å². The smallest absolute Gasteiger partial charge is 0.253 e. The van der Waals surface area contributed by atoms with Crippen molar-refractivity contribution in [2.45, 2.75) is 31.7 Å². The maximum absolute atomic E-state index is 12.7. The zero-order valence-electron chi connectivity index (χ0n) is 18.1. The zero-order chi connectivity index (χ0) is 21.5. The summed E-state index contributed by atoms with van der Waals surface area (Å²) in [6, 6.07) is 15.4. The van der Waals surface area contributed by atoms with Gasteiger partial charge in [-0.3, -0.25) is 14.5 Å². The lowest BCUT2D eigenvalue weighted by atomic mass is 10.0. The molecule has 30 heavy (non-hydrogen) atoms. The molecule has 2 amide bonds. The Balaban J connectivity index is 1.66. The summed E-state index contributed by atoms with van der Waals surface area (Å²) in [7, 11) is 5.11. The highest BCUT2D eigenvalue weighted by molar-refractivity contribution is 5.96. The van der Waals surface area contributed by atoms with Gasteiger partial charge in [-0.1, -0.05) is 25.0 Å². The van der Waals surface area contributed by atoms with Crippen LogP contribution in [0.5, 0.6) is 5.75 Å². The molecule has 2 aromatic rings. The van der Waals surface area contributed by atoms with Crippen LogP contribution in [0.25, 0.3) is 0 Å². The van der Waals surface area contributed by atoms with E-state index in [0.29, 0.717) is 17.8 Å². The predicted molar refractivity (Wildman–Crippen MR) is 119 cm³/mol. The number of rotatable bonds is 6. The van der Waals surface area contributed by atoms with Crippen LogP contribution >= 0.6 is 0 Å². The van der Waals surface area contributed by atoms with Crippen LogP contribution in [0.15, 0.2) is 48.5 Å². The van der Waals surface area contributed by atoms with Crippen LogP contribution in [-0.4, -0.2) is 55.9 Å². The minimum atomic E-state index is -0.0558. The third kappa shape index (κ3) is 5.60. The number of nitrogens with zero attached hydrogens (tertiary/aromatic N) is 2. The molecular weight excluding hydrogens is 378 g/mol. The van der Waals surface area contributed by atoms with Crippen molar-refractivity contribution in [3.8, 4) is 5.75 Å². The van der Waals surface area contributed by atoms with E-state index in [2.05, 4.69) is 22.3 Å². The van der Waals surface area contributed by atoms with Crippen LogP contribution < -0.4 is 10.1 Å². The molecule has 1 unspecified atom stereocenters. The van der Waals surface area contributed by atoms with Crippen LogP contribution in [0.3, 0.4) is 0 Å². The molecule has 1 heterocycles. The van der Waals surface area contributed by atoms with Gasteiger partial charge in [0.05, 0.1) is 13.7 Å². The second kappa shape index (κ2) is 10.3. The summed E-state index contributed by atoms with van der Waals surface area (Å²) in [4.78, 5) is 28.6. The number of hydrogen-bond donors (Lipinski definition) is 1. The topological polar surface area (TPSA) is 61.9 Å². The van der Waals surface area contributed by atoms with E-state index in [0.717, 1.165) is 31.6 Å². The van der Waals surface area contributed by atoms with Crippen molar-refractivity contribution in [1.82, 2.24) is 9.80 Å². The normalized spacial score (nSPS) is 17.1. The molecule has 0 aliphatic carbocycles. The number of carbonyl (C=O) groups excluding carboxylic acids is 2. The predicted octanol–water partition coefficient (Wildman–Crippen LogP) is 3.95. The summed E-state index contributed by atoms with van der Waals surface area (Å²) < 4.78 is 5.27. The third-order valence-electron chi connectivity index (χ3n) is 5.53. The molecule has 1 atom stereocenters. The summed E-state index contributed by atoms with van der Waals surface area (Å²) in [6.45, 7) is 1.25. The molecule has 3 rings (SSSR count). The van der Waals surface area contributed by atoms with Crippen molar-refractivity contribution < 1.29 is 14.3 Å². The van der Waals surface area contributed by atoms with Gasteiger partial charge in [-0.15, -0.1) is 0 Å². The van der Waals surface area contributed by atoms with Crippen LogP contribution in [0.1, 0.15) is 47.6 Å². The number of anilines is 1. The summed E-state index contributed by atoms with van der Waals surface area (Å²) in [5, 5.41) is 2.97. The van der Waals surface area contributed by atoms with Crippen LogP contribution in [0.2, 0.25) is 0 Å². The van der Waals surface area contributed by atoms with Crippen LogP contribution in [-0.2, 0) is 4.79 Å². The molecular formula is C24H31N3O3. The number of nitrogens with one attached hydrogen (secondary N) is 1. The lowest BCUT2D eigenvalue weighted by molar-refractivity contribution is -0.117. The standard InChI is InChI=1S/C24H31N3O3/c1-26(2)24(29)19-8-12-20(13-9-19)25-23(28)17-27-16-6-4-5-7-22(27)18-10-14-21(30-3)15-11-18/h8-15,22H,4-7,16-17H2,1-3H3,(H,25,28). The molecule has 6 nitrogen and oxygen atoms in total. The Bertz CT molecular complexity index is 847. The molecule has 0 spiro atoms. The Morgan fingerprint density at radius 1 is 1.03 bits per heavy atom. The molecule has 6 heteroatoms. The van der Waals surface area contributed by atoms with Crippen molar-refractivity contribution in [1.29, 1.82) is 0 Å². The Hall–Kier alpha value is -2.86. The fourth-order valence-electron chi connectivity index (χ4n) is 3.90. The number of methoxy groups -OCH3 is 1. The van der Waals surface area contributed by atoms with Gasteiger partial charge in [-0.2, -0.15) is 0 Å². The molecule has 1 saturated heterocycles. The number of ether oxygens (including phenoxy) is 1. The third-order valence-corrected chi connectivity index (χ3v) is 5.53. The van der Waals surface area contributed by atoms with Gasteiger partial charge in [0.2, 0.25) is 5.91 Å². The fourth-order valence-corrected chi connectivity index (χ4v) is 3.90. The maximum atomic E-state index is 12.7. The van der Waals surface area contributed by atoms with Crippen molar-refractivity contribution in [3.05, 3.63) is 59.7 Å². The SMILES string of the molecule is COc1ccc(C2CCCCCN2CC(=O)Nc2ccc(C(=O)N(C)C)cc2)cc1. The van der Waals surface area contributed by atoms with E-state index < -0.39 is 0 Å². The van der Waals surface area contributed by atoms with Gasteiger partial charge in [0, 0.05) is 31.4 Å². The molecule has 1 fully saturated rings. The largest absolute Gasteiger partial charge is 0.497 e. The summed E-state index contributed by atoms with van der Waals surface area (Å²) in [5.74, 6) is 0.745. The second-order valence-corrected chi connectivity index (χ2v) is 7.93. The molecule has 1 aliphatic heterocycles. The molecule has 0 aromatic heterocycles. The van der Waals surface area contributed by atoms with Crippen molar-refractivity contribution in [2.24, 2.45) is 0 Å². The second-order valence-electron chi connectivity index (χ2n) is 7.93. The molecule has 0 bridgehead atoms. The monoisotopic (exact) mass is 409 g/mol. The number of amides is 2. The quantitative estimate of drug-likeness (QED) is 0.785. The molecule has 160 valence electrons. The number of likely N-dealkylation sites (tertiary alicyclic amines) is 1. The molecule has 0 radical (unpaired) electrons. The van der Waals surface area contributed by atoms with Gasteiger partial charge in [0.15, 0.2) is 0 Å². The molecule has 0 saturated carbocycles. The lowest BCUT2D eigenvalue weighted by Gasteiger charge is -2.29. The highest BCUT2D eigenvalue weighted by Gasteiger charge is 2.24. The minimum absolute atomic E-state index is 0.0397. The minimum Gasteiger partial charge on any atom is -0.497 e. The van der Waals surface area contributed by atoms with E-state index in [9.17, 15) is 9.59 Å². The van der Waals surface area contributed by atoms with Gasteiger partial charge < -0.3 is 15.0 Å². The maximum Gasteiger partial charge on any atom is 0.253 e. The summed E-state index contributed by atoms with van der Waals surface area (Å²) in [5.41, 5.74) is 2.52. The van der Waals surface area contributed by atoms with E-state index >= 15 is 0 Å². The average molecular weight is 410 g/mol. The summed E-state index contributed by atoms with van der Waals surface area (Å²) in [6.07, 6.45) is 4.49. The summed E-state index contributed by atoms with van der Waals surface area (Å²) >= 11 is 0. The molecule has 1 aliphatic rings. The first-order valence-electron chi connectivity index (χ1n) is 10.5. The first kappa shape index (κ1) is 21.8. The zero-order valence-corrected chi connectivity index (χ0v) is 18.1. The highest BCUT2D eigenvalue weighted by atomic mass is 16.5. The van der Waals surface area contributed by atoms with Gasteiger partial charge in [-0.25, -0.2) is 0 Å². The van der Waals surface area contributed by atoms with Crippen molar-refractivity contribution in [3.63, 3.8) is 0 Å².